The fourth-order valence-electron chi connectivity index (χ4n) is 3.75. The van der Waals surface area contributed by atoms with Crippen LogP contribution in [0.15, 0.2) is 54.7 Å². The third kappa shape index (κ3) is 4.08. The van der Waals surface area contributed by atoms with Crippen molar-refractivity contribution in [2.75, 3.05) is 24.9 Å². The van der Waals surface area contributed by atoms with Gasteiger partial charge in [0, 0.05) is 18.2 Å². The Morgan fingerprint density at radius 2 is 1.84 bits per heavy atom. The number of carbonyl (C=O) groups is 1. The van der Waals surface area contributed by atoms with Gasteiger partial charge in [-0.05, 0) is 17.7 Å². The van der Waals surface area contributed by atoms with Crippen LogP contribution in [0.5, 0.6) is 11.5 Å². The number of methoxy groups -OCH3 is 2. The van der Waals surface area contributed by atoms with Crippen LogP contribution >= 0.6 is 0 Å². The molecule has 2 N–H and O–H groups in total. The zero-order valence-corrected chi connectivity index (χ0v) is 17.3. The molecule has 0 fully saturated rings. The number of ether oxygens (including phenoxy) is 2. The van der Waals surface area contributed by atoms with Gasteiger partial charge in [-0.3, -0.25) is 4.79 Å². The van der Waals surface area contributed by atoms with Crippen molar-refractivity contribution in [3.05, 3.63) is 65.9 Å². The normalized spacial score (nSPS) is 17.8. The van der Waals surface area contributed by atoms with Crippen molar-refractivity contribution in [1.82, 2.24) is 9.78 Å². The van der Waals surface area contributed by atoms with Gasteiger partial charge in [-0.25, -0.2) is 4.68 Å². The van der Waals surface area contributed by atoms with E-state index in [2.05, 4.69) is 15.7 Å². The van der Waals surface area contributed by atoms with Gasteiger partial charge in [-0.15, -0.1) is 0 Å². The summed E-state index contributed by atoms with van der Waals surface area (Å²) in [6.45, 7) is 0. The van der Waals surface area contributed by atoms with Gasteiger partial charge in [0.15, 0.2) is 17.5 Å². The molecule has 10 heteroatoms. The molecule has 32 heavy (non-hydrogen) atoms. The predicted molar refractivity (Wildman–Crippen MR) is 112 cm³/mol. The van der Waals surface area contributed by atoms with Crippen LogP contribution in [0.3, 0.4) is 0 Å². The zero-order chi connectivity index (χ0) is 22.9. The lowest BCUT2D eigenvalue weighted by Gasteiger charge is -2.34. The highest BCUT2D eigenvalue weighted by atomic mass is 19.4. The van der Waals surface area contributed by atoms with E-state index in [0.717, 1.165) is 10.9 Å². The quantitative estimate of drug-likeness (QED) is 0.588. The van der Waals surface area contributed by atoms with Crippen molar-refractivity contribution >= 4 is 17.4 Å². The van der Waals surface area contributed by atoms with Crippen molar-refractivity contribution in [3.8, 4) is 11.5 Å². The number of aromatic nitrogens is 2. The summed E-state index contributed by atoms with van der Waals surface area (Å²) >= 11 is 0. The van der Waals surface area contributed by atoms with Crippen LogP contribution in [0.2, 0.25) is 0 Å². The van der Waals surface area contributed by atoms with Gasteiger partial charge in [-0.1, -0.05) is 30.3 Å². The maximum Gasteiger partial charge on any atom is 0.410 e. The fraction of sp³-hybridized carbons (Fsp3) is 0.273. The molecule has 0 bridgehead atoms. The SMILES string of the molecule is COc1ccc(NC(=O)c2cnn3c2NC(c2ccccc2)CC3C(F)(F)F)cc1OC. The van der Waals surface area contributed by atoms with Crippen LogP contribution in [0.25, 0.3) is 0 Å². The minimum absolute atomic E-state index is 0.00895. The summed E-state index contributed by atoms with van der Waals surface area (Å²) in [5, 5.41) is 9.63. The molecule has 2 aromatic carbocycles. The van der Waals surface area contributed by atoms with Gasteiger partial charge in [0.25, 0.3) is 5.91 Å². The molecule has 168 valence electrons. The van der Waals surface area contributed by atoms with Gasteiger partial charge in [0.2, 0.25) is 0 Å². The zero-order valence-electron chi connectivity index (χ0n) is 17.3. The number of halogens is 3. The smallest absolute Gasteiger partial charge is 0.410 e. The van der Waals surface area contributed by atoms with Crippen molar-refractivity contribution in [3.63, 3.8) is 0 Å². The van der Waals surface area contributed by atoms with Gasteiger partial charge in [0.05, 0.1) is 26.5 Å². The lowest BCUT2D eigenvalue weighted by molar-refractivity contribution is -0.173. The summed E-state index contributed by atoms with van der Waals surface area (Å²) < 4.78 is 52.7. The molecule has 0 saturated carbocycles. The monoisotopic (exact) mass is 446 g/mol. The molecule has 2 atom stereocenters. The first-order valence-corrected chi connectivity index (χ1v) is 9.81. The second-order valence-electron chi connectivity index (χ2n) is 7.28. The number of fused-ring (bicyclic) bond motifs is 1. The molecule has 3 aromatic rings. The Bertz CT molecular complexity index is 1120. The number of hydrogen-bond acceptors (Lipinski definition) is 5. The van der Waals surface area contributed by atoms with Crippen LogP contribution in [0.1, 0.15) is 34.4 Å². The Labute approximate surface area is 182 Å². The summed E-state index contributed by atoms with van der Waals surface area (Å²) in [4.78, 5) is 12.9. The van der Waals surface area contributed by atoms with E-state index in [4.69, 9.17) is 9.47 Å². The number of alkyl halides is 3. The van der Waals surface area contributed by atoms with Crippen LogP contribution < -0.4 is 20.1 Å². The Morgan fingerprint density at radius 3 is 2.50 bits per heavy atom. The number of rotatable bonds is 5. The number of nitrogens with one attached hydrogen (secondary N) is 2. The Kier molecular flexibility index (Phi) is 5.68. The molecule has 1 aliphatic rings. The van der Waals surface area contributed by atoms with E-state index in [-0.39, 0.29) is 17.8 Å². The van der Waals surface area contributed by atoms with Crippen molar-refractivity contribution in [2.45, 2.75) is 24.7 Å². The second-order valence-corrected chi connectivity index (χ2v) is 7.28. The number of hydrogen-bond donors (Lipinski definition) is 2. The summed E-state index contributed by atoms with van der Waals surface area (Å²) in [5.74, 6) is 0.307. The largest absolute Gasteiger partial charge is 0.493 e. The van der Waals surface area contributed by atoms with Crippen LogP contribution in [-0.2, 0) is 0 Å². The van der Waals surface area contributed by atoms with Gasteiger partial charge in [-0.2, -0.15) is 18.3 Å². The highest BCUT2D eigenvalue weighted by molar-refractivity contribution is 6.07. The van der Waals surface area contributed by atoms with E-state index < -0.39 is 24.2 Å². The highest BCUT2D eigenvalue weighted by Gasteiger charge is 2.47. The number of benzene rings is 2. The molecular weight excluding hydrogens is 425 g/mol. The van der Waals surface area contributed by atoms with Crippen LogP contribution in [-0.4, -0.2) is 36.1 Å². The molecule has 1 amide bonds. The Balaban J connectivity index is 1.66. The average Bonchev–Trinajstić information content (AvgIpc) is 3.22. The van der Waals surface area contributed by atoms with E-state index in [1.54, 1.807) is 48.5 Å². The third-order valence-corrected chi connectivity index (χ3v) is 5.33. The van der Waals surface area contributed by atoms with E-state index >= 15 is 0 Å². The second kappa shape index (κ2) is 8.45. The predicted octanol–water partition coefficient (Wildman–Crippen LogP) is 4.81. The molecule has 2 unspecified atom stereocenters. The standard InChI is InChI=1S/C22H21F3N4O3/c1-31-17-9-8-14(10-18(17)32-2)27-21(30)15-12-26-29-19(22(23,24)25)11-16(28-20(15)29)13-6-4-3-5-7-13/h3-10,12,16,19,28H,11H2,1-2H3,(H,27,30). The van der Waals surface area contributed by atoms with E-state index in [1.807, 2.05) is 0 Å². The van der Waals surface area contributed by atoms with E-state index in [9.17, 15) is 18.0 Å². The first kappa shape index (κ1) is 21.5. The maximum atomic E-state index is 13.8. The highest BCUT2D eigenvalue weighted by Crippen LogP contribution is 2.44. The third-order valence-electron chi connectivity index (χ3n) is 5.33. The first-order valence-electron chi connectivity index (χ1n) is 9.81. The number of carbonyl (C=O) groups excluding carboxylic acids is 1. The molecule has 2 heterocycles. The molecule has 1 aromatic heterocycles. The summed E-state index contributed by atoms with van der Waals surface area (Å²) in [5.41, 5.74) is 1.10. The van der Waals surface area contributed by atoms with E-state index in [0.29, 0.717) is 22.7 Å². The van der Waals surface area contributed by atoms with Gasteiger partial charge >= 0.3 is 6.18 Å². The summed E-state index contributed by atoms with van der Waals surface area (Å²) in [6.07, 6.45) is -3.61. The van der Waals surface area contributed by atoms with E-state index in [1.165, 1.54) is 14.2 Å². The summed E-state index contributed by atoms with van der Waals surface area (Å²) in [7, 11) is 2.95. The molecule has 1 aliphatic heterocycles. The molecule has 0 saturated heterocycles. The first-order chi connectivity index (χ1) is 15.3. The lowest BCUT2D eigenvalue weighted by Crippen LogP contribution is -2.36. The molecular formula is C22H21F3N4O3. The Morgan fingerprint density at radius 1 is 1.12 bits per heavy atom. The molecule has 0 aliphatic carbocycles. The number of amides is 1. The molecule has 4 rings (SSSR count). The molecule has 7 nitrogen and oxygen atoms in total. The average molecular weight is 446 g/mol. The molecule has 0 radical (unpaired) electrons. The van der Waals surface area contributed by atoms with Gasteiger partial charge < -0.3 is 20.1 Å². The minimum atomic E-state index is -4.52. The number of nitrogens with zero attached hydrogens (tertiary/aromatic N) is 2. The van der Waals surface area contributed by atoms with Crippen molar-refractivity contribution in [2.24, 2.45) is 0 Å². The minimum Gasteiger partial charge on any atom is -0.493 e. The van der Waals surface area contributed by atoms with Crippen molar-refractivity contribution in [1.29, 1.82) is 0 Å². The lowest BCUT2D eigenvalue weighted by atomic mass is 9.96. The van der Waals surface area contributed by atoms with Crippen LogP contribution in [0, 0.1) is 0 Å². The maximum absolute atomic E-state index is 13.8. The summed E-state index contributed by atoms with van der Waals surface area (Å²) in [6, 6.07) is 11.1. The van der Waals surface area contributed by atoms with Gasteiger partial charge in [0.1, 0.15) is 11.4 Å². The van der Waals surface area contributed by atoms with Crippen LogP contribution in [0.4, 0.5) is 24.7 Å². The molecule has 0 spiro atoms. The van der Waals surface area contributed by atoms with Crippen molar-refractivity contribution < 1.29 is 27.4 Å². The fourth-order valence-corrected chi connectivity index (χ4v) is 3.75. The topological polar surface area (TPSA) is 77.4 Å². The number of anilines is 2. The Hall–Kier alpha value is -3.69.